The Labute approximate surface area is 289 Å². The molecule has 1 unspecified atom stereocenters. The van der Waals surface area contributed by atoms with Gasteiger partial charge in [-0.25, -0.2) is 0 Å². The fourth-order valence-corrected chi connectivity index (χ4v) is 6.16. The van der Waals surface area contributed by atoms with Gasteiger partial charge in [-0.15, -0.1) is 0 Å². The summed E-state index contributed by atoms with van der Waals surface area (Å²) >= 11 is 0. The minimum Gasteiger partial charge on any atom is -0.481 e. The molecule has 0 aliphatic rings. The first kappa shape index (κ1) is 47.1. The van der Waals surface area contributed by atoms with E-state index in [1.807, 2.05) is 27.7 Å². The molecular formula is C42H84O4. The summed E-state index contributed by atoms with van der Waals surface area (Å²) in [5.41, 5.74) is 0. The van der Waals surface area contributed by atoms with Gasteiger partial charge < -0.3 is 9.84 Å². The van der Waals surface area contributed by atoms with Crippen LogP contribution in [0.1, 0.15) is 229 Å². The van der Waals surface area contributed by atoms with Crippen LogP contribution in [0.5, 0.6) is 0 Å². The quantitative estimate of drug-likeness (QED) is 0.0580. The highest BCUT2D eigenvalue weighted by molar-refractivity contribution is 5.70. The van der Waals surface area contributed by atoms with Crippen LogP contribution >= 0.6 is 0 Å². The van der Waals surface area contributed by atoms with Crippen LogP contribution in [0.4, 0.5) is 0 Å². The molecular weight excluding hydrogens is 568 g/mol. The largest absolute Gasteiger partial charge is 0.481 e. The summed E-state index contributed by atoms with van der Waals surface area (Å²) in [7, 11) is 0. The fraction of sp³-hybridized carbons (Fsp3) is 0.952. The van der Waals surface area contributed by atoms with Crippen LogP contribution < -0.4 is 0 Å². The van der Waals surface area contributed by atoms with E-state index >= 15 is 0 Å². The predicted molar refractivity (Wildman–Crippen MR) is 202 cm³/mol. The number of carbonyl (C=O) groups excluding carboxylic acids is 1. The lowest BCUT2D eigenvalue weighted by Crippen LogP contribution is -2.19. The molecule has 0 rings (SSSR count). The maximum Gasteiger partial charge on any atom is 0.306 e. The summed E-state index contributed by atoms with van der Waals surface area (Å²) in [5.74, 6) is 1.19. The Balaban J connectivity index is 0. The molecule has 0 aliphatic carbocycles. The molecule has 0 aliphatic heterocycles. The van der Waals surface area contributed by atoms with Crippen LogP contribution in [0, 0.1) is 23.7 Å². The average Bonchev–Trinajstić information content (AvgIpc) is 2.96. The molecule has 0 fully saturated rings. The van der Waals surface area contributed by atoms with Crippen molar-refractivity contribution in [1.82, 2.24) is 0 Å². The molecule has 1 atom stereocenters. The van der Waals surface area contributed by atoms with Gasteiger partial charge in [0.15, 0.2) is 0 Å². The summed E-state index contributed by atoms with van der Waals surface area (Å²) in [4.78, 5) is 22.5. The SMILES string of the molecule is CC(C)CCCCCCCCCCCCCC(C(=O)O)C(C)C.CC(C)CCCCCCCCCCCCCCC(=O)OC(C)C. The minimum atomic E-state index is -0.617. The highest BCUT2D eigenvalue weighted by Gasteiger charge is 2.20. The van der Waals surface area contributed by atoms with E-state index in [2.05, 4.69) is 27.7 Å². The lowest BCUT2D eigenvalue weighted by molar-refractivity contribution is -0.147. The molecule has 0 aromatic carbocycles. The van der Waals surface area contributed by atoms with E-state index in [0.717, 1.165) is 31.1 Å². The molecule has 0 aromatic rings. The summed E-state index contributed by atoms with van der Waals surface area (Å²) in [5, 5.41) is 9.15. The lowest BCUT2D eigenvalue weighted by Gasteiger charge is -2.15. The number of esters is 1. The van der Waals surface area contributed by atoms with Gasteiger partial charge in [0.05, 0.1) is 12.0 Å². The number of rotatable bonds is 32. The fourth-order valence-electron chi connectivity index (χ4n) is 6.16. The van der Waals surface area contributed by atoms with Crippen LogP contribution in [0.15, 0.2) is 0 Å². The van der Waals surface area contributed by atoms with E-state index < -0.39 is 5.97 Å². The van der Waals surface area contributed by atoms with E-state index in [4.69, 9.17) is 9.84 Å². The Hall–Kier alpha value is -1.06. The Morgan fingerprint density at radius 2 is 0.717 bits per heavy atom. The third-order valence-electron chi connectivity index (χ3n) is 9.20. The van der Waals surface area contributed by atoms with E-state index in [1.165, 1.54) is 148 Å². The molecule has 46 heavy (non-hydrogen) atoms. The van der Waals surface area contributed by atoms with Crippen molar-refractivity contribution in [2.75, 3.05) is 0 Å². The maximum atomic E-state index is 11.4. The molecule has 1 N–H and O–H groups in total. The van der Waals surface area contributed by atoms with Gasteiger partial charge in [0.1, 0.15) is 0 Å². The van der Waals surface area contributed by atoms with Crippen LogP contribution in [-0.4, -0.2) is 23.1 Å². The van der Waals surface area contributed by atoms with Crippen molar-refractivity contribution < 1.29 is 19.4 Å². The standard InChI is InChI=1S/2C21H42O2/c1-19(2)17-15-13-11-9-7-5-6-8-10-12-14-16-18-21(22)23-20(3)4;1-18(2)16-14-12-10-8-6-5-7-9-11-13-15-17-20(19(3)4)21(22)23/h19-20H,5-18H2,1-4H3;18-20H,5-17H2,1-4H3,(H,22,23). The van der Waals surface area contributed by atoms with Crippen LogP contribution in [0.25, 0.3) is 0 Å². The zero-order chi connectivity index (χ0) is 34.8. The van der Waals surface area contributed by atoms with Gasteiger partial charge in [0, 0.05) is 6.42 Å². The molecule has 0 bridgehead atoms. The van der Waals surface area contributed by atoms with Crippen molar-refractivity contribution in [2.45, 2.75) is 235 Å². The Bertz CT molecular complexity index is 638. The normalized spacial score (nSPS) is 12.2. The van der Waals surface area contributed by atoms with Crippen molar-refractivity contribution in [1.29, 1.82) is 0 Å². The number of unbranched alkanes of at least 4 members (excludes halogenated alkanes) is 21. The van der Waals surface area contributed by atoms with Gasteiger partial charge in [0.25, 0.3) is 0 Å². The second kappa shape index (κ2) is 35.3. The second-order valence-electron chi connectivity index (χ2n) is 15.8. The zero-order valence-electron chi connectivity index (χ0n) is 32.7. The van der Waals surface area contributed by atoms with Gasteiger partial charge in [0.2, 0.25) is 0 Å². The zero-order valence-corrected chi connectivity index (χ0v) is 32.7. The Morgan fingerprint density at radius 3 is 0.978 bits per heavy atom. The number of carboxylic acid groups (broad SMARTS) is 1. The molecule has 0 saturated heterocycles. The Kier molecular flexibility index (Phi) is 36.1. The van der Waals surface area contributed by atoms with Crippen molar-refractivity contribution >= 4 is 11.9 Å². The van der Waals surface area contributed by atoms with E-state index in [9.17, 15) is 9.59 Å². The highest BCUT2D eigenvalue weighted by Crippen LogP contribution is 2.20. The molecule has 4 nitrogen and oxygen atoms in total. The summed E-state index contributed by atoms with van der Waals surface area (Å²) < 4.78 is 5.13. The number of hydrogen-bond donors (Lipinski definition) is 1. The van der Waals surface area contributed by atoms with Crippen LogP contribution in [0.2, 0.25) is 0 Å². The first-order valence-corrected chi connectivity index (χ1v) is 20.4. The summed E-state index contributed by atoms with van der Waals surface area (Å²) in [6.07, 6.45) is 35.0. The monoisotopic (exact) mass is 653 g/mol. The first-order valence-electron chi connectivity index (χ1n) is 20.4. The summed E-state index contributed by atoms with van der Waals surface area (Å²) in [6, 6.07) is 0. The number of hydrogen-bond acceptors (Lipinski definition) is 3. The third kappa shape index (κ3) is 39.1. The van der Waals surface area contributed by atoms with Crippen molar-refractivity contribution in [3.8, 4) is 0 Å². The molecule has 0 aromatic heterocycles. The van der Waals surface area contributed by atoms with Gasteiger partial charge >= 0.3 is 11.9 Å². The molecule has 4 heteroatoms. The van der Waals surface area contributed by atoms with E-state index in [1.54, 1.807) is 0 Å². The van der Waals surface area contributed by atoms with Gasteiger partial charge in [-0.1, -0.05) is 196 Å². The number of ether oxygens (including phenoxy) is 1. The number of aliphatic carboxylic acids is 1. The molecule has 0 spiro atoms. The van der Waals surface area contributed by atoms with Gasteiger partial charge in [-0.05, 0) is 44.4 Å². The topological polar surface area (TPSA) is 63.6 Å². The van der Waals surface area contributed by atoms with Crippen LogP contribution in [-0.2, 0) is 14.3 Å². The van der Waals surface area contributed by atoms with Crippen molar-refractivity contribution in [2.24, 2.45) is 23.7 Å². The van der Waals surface area contributed by atoms with Gasteiger partial charge in [-0.2, -0.15) is 0 Å². The number of carboxylic acids is 1. The van der Waals surface area contributed by atoms with Crippen molar-refractivity contribution in [3.63, 3.8) is 0 Å². The highest BCUT2D eigenvalue weighted by atomic mass is 16.5. The Morgan fingerprint density at radius 1 is 0.435 bits per heavy atom. The summed E-state index contributed by atoms with van der Waals surface area (Å²) in [6.45, 7) is 17.1. The predicted octanol–water partition coefficient (Wildman–Crippen LogP) is 14.1. The molecule has 0 amide bonds. The van der Waals surface area contributed by atoms with E-state index in [0.29, 0.717) is 6.42 Å². The molecule has 0 saturated carbocycles. The average molecular weight is 653 g/mol. The third-order valence-corrected chi connectivity index (χ3v) is 9.20. The molecule has 0 heterocycles. The van der Waals surface area contributed by atoms with E-state index in [-0.39, 0.29) is 23.9 Å². The molecule has 276 valence electrons. The lowest BCUT2D eigenvalue weighted by atomic mass is 9.90. The maximum absolute atomic E-state index is 11.4. The van der Waals surface area contributed by atoms with Gasteiger partial charge in [-0.3, -0.25) is 9.59 Å². The smallest absolute Gasteiger partial charge is 0.306 e. The second-order valence-corrected chi connectivity index (χ2v) is 15.8. The number of carbonyl (C=O) groups is 2. The first-order chi connectivity index (χ1) is 22.0. The van der Waals surface area contributed by atoms with Crippen LogP contribution in [0.3, 0.4) is 0 Å². The molecule has 0 radical (unpaired) electrons. The van der Waals surface area contributed by atoms with Crippen molar-refractivity contribution in [3.05, 3.63) is 0 Å². The minimum absolute atomic E-state index is 0.0257.